The molecule has 2 aliphatic rings. The third-order valence-corrected chi connectivity index (χ3v) is 9.33. The zero-order chi connectivity index (χ0) is 25.2. The smallest absolute Gasteiger partial charge is 0.248 e. The first-order chi connectivity index (χ1) is 16.7. The van der Waals surface area contributed by atoms with Gasteiger partial charge in [-0.05, 0) is 67.5 Å². The summed E-state index contributed by atoms with van der Waals surface area (Å²) in [5, 5.41) is 0. The van der Waals surface area contributed by atoms with Crippen LogP contribution in [0, 0.1) is 13.8 Å². The normalized spacial score (nSPS) is 18.8. The number of fused-ring (bicyclic) bond motifs is 1. The van der Waals surface area contributed by atoms with Crippen molar-refractivity contribution in [2.45, 2.75) is 57.0 Å². The number of hydrogen-bond acceptors (Lipinski definition) is 5. The van der Waals surface area contributed by atoms with E-state index in [4.69, 9.17) is 9.47 Å². The first-order valence-electron chi connectivity index (χ1n) is 12.3. The highest BCUT2D eigenvalue weighted by molar-refractivity contribution is 7.89. The maximum absolute atomic E-state index is 13.7. The summed E-state index contributed by atoms with van der Waals surface area (Å²) in [6.45, 7) is 5.51. The zero-order valence-electron chi connectivity index (χ0n) is 21.2. The van der Waals surface area contributed by atoms with Crippen molar-refractivity contribution in [1.82, 2.24) is 9.21 Å². The number of ether oxygens (including phenoxy) is 2. The molecular formula is C26H35BN2O5S. The third-order valence-electron chi connectivity index (χ3n) is 7.07. The molecule has 35 heavy (non-hydrogen) atoms. The Morgan fingerprint density at radius 1 is 1.09 bits per heavy atom. The molecule has 4 rings (SSSR count). The second kappa shape index (κ2) is 10.7. The lowest BCUT2D eigenvalue weighted by Crippen LogP contribution is -2.47. The molecule has 0 bridgehead atoms. The van der Waals surface area contributed by atoms with E-state index in [-0.39, 0.29) is 25.2 Å². The van der Waals surface area contributed by atoms with Gasteiger partial charge in [-0.25, -0.2) is 8.42 Å². The van der Waals surface area contributed by atoms with Crippen LogP contribution in [0.3, 0.4) is 0 Å². The summed E-state index contributed by atoms with van der Waals surface area (Å²) in [5.74, 6) is 0.592. The summed E-state index contributed by atoms with van der Waals surface area (Å²) < 4.78 is 40.1. The van der Waals surface area contributed by atoms with Crippen LogP contribution in [0.1, 0.15) is 41.5 Å². The van der Waals surface area contributed by atoms with E-state index < -0.39 is 10.0 Å². The van der Waals surface area contributed by atoms with Gasteiger partial charge in [-0.15, -0.1) is 0 Å². The van der Waals surface area contributed by atoms with Crippen molar-refractivity contribution in [3.63, 3.8) is 0 Å². The number of sulfonamides is 1. The summed E-state index contributed by atoms with van der Waals surface area (Å²) in [4.78, 5) is 15.0. The van der Waals surface area contributed by atoms with Crippen LogP contribution < -0.4 is 10.2 Å². The van der Waals surface area contributed by atoms with Crippen LogP contribution in [0.15, 0.2) is 35.2 Å². The van der Waals surface area contributed by atoms with Gasteiger partial charge in [0.25, 0.3) is 0 Å². The molecule has 9 heteroatoms. The molecule has 2 aromatic rings. The maximum Gasteiger partial charge on any atom is 0.248 e. The van der Waals surface area contributed by atoms with Gasteiger partial charge in [-0.2, -0.15) is 4.31 Å². The topological polar surface area (TPSA) is 76.2 Å². The molecule has 1 fully saturated rings. The fourth-order valence-electron chi connectivity index (χ4n) is 5.28. The average molecular weight is 498 g/mol. The van der Waals surface area contributed by atoms with Crippen molar-refractivity contribution in [2.24, 2.45) is 0 Å². The summed E-state index contributed by atoms with van der Waals surface area (Å²) >= 11 is 0. The molecule has 2 aromatic carbocycles. The summed E-state index contributed by atoms with van der Waals surface area (Å²) in [6.07, 6.45) is 3.32. The van der Waals surface area contributed by atoms with Gasteiger partial charge in [-0.1, -0.05) is 30.1 Å². The van der Waals surface area contributed by atoms with Gasteiger partial charge >= 0.3 is 0 Å². The van der Waals surface area contributed by atoms with Gasteiger partial charge in [-0.3, -0.25) is 4.79 Å². The number of hydrogen-bond donors (Lipinski definition) is 0. The van der Waals surface area contributed by atoms with Crippen LogP contribution >= 0.6 is 0 Å². The summed E-state index contributed by atoms with van der Waals surface area (Å²) in [5.41, 5.74) is 5.07. The van der Waals surface area contributed by atoms with E-state index in [1.807, 2.05) is 4.90 Å². The van der Waals surface area contributed by atoms with Crippen LogP contribution in [0.4, 0.5) is 0 Å². The molecule has 1 unspecified atom stereocenters. The lowest BCUT2D eigenvalue weighted by atomic mass is 9.89. The van der Waals surface area contributed by atoms with Gasteiger partial charge in [0.1, 0.15) is 20.2 Å². The largest absolute Gasteiger partial charge is 0.497 e. The Morgan fingerprint density at radius 2 is 1.83 bits per heavy atom. The number of aryl methyl sites for hydroxylation is 2. The third kappa shape index (κ3) is 5.57. The molecule has 0 radical (unpaired) electrons. The molecule has 1 saturated heterocycles. The Balaban J connectivity index is 1.40. The van der Waals surface area contributed by atoms with Gasteiger partial charge in [0.05, 0.1) is 18.6 Å². The van der Waals surface area contributed by atoms with Crippen molar-refractivity contribution in [2.75, 3.05) is 33.4 Å². The predicted molar refractivity (Wildman–Crippen MR) is 139 cm³/mol. The standard InChI is InChI=1S/C26H35BN2O5S/c1-18-12-24(33-3)13-19(2)26(18)35(31,32)29-10-5-4-6-23(29)16-34-17-25(30)28-11-9-20-14-22(27)8-7-21(20)15-28/h7-8,12-14,23H,4-6,9-11,15-17,27H2,1-3H3. The van der Waals surface area contributed by atoms with E-state index >= 15 is 0 Å². The minimum atomic E-state index is -3.70. The van der Waals surface area contributed by atoms with Gasteiger partial charge in [0.2, 0.25) is 15.9 Å². The lowest BCUT2D eigenvalue weighted by Gasteiger charge is -2.35. The monoisotopic (exact) mass is 498 g/mol. The highest BCUT2D eigenvalue weighted by Gasteiger charge is 2.35. The highest BCUT2D eigenvalue weighted by Crippen LogP contribution is 2.32. The molecular weight excluding hydrogens is 463 g/mol. The number of piperidine rings is 1. The highest BCUT2D eigenvalue weighted by atomic mass is 32.2. The second-order valence-electron chi connectivity index (χ2n) is 9.71. The van der Waals surface area contributed by atoms with Gasteiger partial charge < -0.3 is 14.4 Å². The second-order valence-corrected chi connectivity index (χ2v) is 11.5. The quantitative estimate of drug-likeness (QED) is 0.544. The summed E-state index contributed by atoms with van der Waals surface area (Å²) in [6, 6.07) is 9.59. The summed E-state index contributed by atoms with van der Waals surface area (Å²) in [7, 11) is -0.0476. The van der Waals surface area contributed by atoms with Crippen LogP contribution in [0.5, 0.6) is 5.75 Å². The first kappa shape index (κ1) is 25.7. The van der Waals surface area contributed by atoms with Crippen molar-refractivity contribution in [3.8, 4) is 5.75 Å². The molecule has 2 heterocycles. The number of methoxy groups -OCH3 is 1. The van der Waals surface area contributed by atoms with E-state index in [1.165, 1.54) is 16.6 Å². The van der Waals surface area contributed by atoms with Crippen molar-refractivity contribution in [1.29, 1.82) is 0 Å². The molecule has 1 atom stereocenters. The van der Waals surface area contributed by atoms with Crippen LogP contribution in [0.2, 0.25) is 0 Å². The fourth-order valence-corrected chi connectivity index (χ4v) is 7.37. The SMILES string of the molecule is Bc1ccc2c(c1)CCN(C(=O)COCC1CCCCN1S(=O)(=O)c1c(C)cc(OC)cc1C)C2. The number of carbonyl (C=O) groups is 1. The number of benzene rings is 2. The minimum Gasteiger partial charge on any atom is -0.497 e. The van der Waals surface area contributed by atoms with Crippen LogP contribution in [0.25, 0.3) is 0 Å². The van der Waals surface area contributed by atoms with E-state index in [1.54, 1.807) is 37.4 Å². The molecule has 2 aliphatic heterocycles. The minimum absolute atomic E-state index is 0.0355. The fraction of sp³-hybridized carbons (Fsp3) is 0.500. The Morgan fingerprint density at radius 3 is 2.54 bits per heavy atom. The number of rotatable bonds is 7. The van der Waals surface area contributed by atoms with Gasteiger partial charge in [0, 0.05) is 25.7 Å². The van der Waals surface area contributed by atoms with E-state index in [2.05, 4.69) is 26.0 Å². The molecule has 1 amide bonds. The van der Waals surface area contributed by atoms with E-state index in [9.17, 15) is 13.2 Å². The van der Waals surface area contributed by atoms with Crippen molar-refractivity contribution in [3.05, 3.63) is 52.6 Å². The van der Waals surface area contributed by atoms with E-state index in [0.717, 1.165) is 25.7 Å². The van der Waals surface area contributed by atoms with Crippen LogP contribution in [-0.4, -0.2) is 70.8 Å². The van der Waals surface area contributed by atoms with Gasteiger partial charge in [0.15, 0.2) is 0 Å². The maximum atomic E-state index is 13.7. The van der Waals surface area contributed by atoms with Crippen molar-refractivity contribution < 1.29 is 22.7 Å². The molecule has 0 saturated carbocycles. The average Bonchev–Trinajstić information content (AvgIpc) is 2.83. The number of carbonyl (C=O) groups excluding carboxylic acids is 1. The lowest BCUT2D eigenvalue weighted by molar-refractivity contribution is -0.137. The molecule has 188 valence electrons. The molecule has 0 N–H and O–H groups in total. The first-order valence-corrected chi connectivity index (χ1v) is 13.8. The zero-order valence-corrected chi connectivity index (χ0v) is 22.0. The molecule has 0 aliphatic carbocycles. The Kier molecular flexibility index (Phi) is 7.88. The Bertz CT molecular complexity index is 1180. The molecule has 0 aromatic heterocycles. The van der Waals surface area contributed by atoms with E-state index in [0.29, 0.717) is 41.4 Å². The van der Waals surface area contributed by atoms with Crippen LogP contribution in [-0.2, 0) is 32.5 Å². The number of nitrogens with zero attached hydrogens (tertiary/aromatic N) is 2. The van der Waals surface area contributed by atoms with Crippen molar-refractivity contribution >= 4 is 29.2 Å². The molecule has 0 spiro atoms. The molecule has 7 nitrogen and oxygen atoms in total. The predicted octanol–water partition coefficient (Wildman–Crippen LogP) is 1.72. The number of amides is 1. The Hall–Kier alpha value is -2.36. The Labute approximate surface area is 209 Å².